The maximum atomic E-state index is 11.8. The van der Waals surface area contributed by atoms with Crippen LogP contribution in [0, 0.1) is 6.92 Å². The van der Waals surface area contributed by atoms with E-state index in [1.165, 1.54) is 0 Å². The third kappa shape index (κ3) is 6.07. The van der Waals surface area contributed by atoms with Crippen LogP contribution in [-0.4, -0.2) is 103 Å². The highest BCUT2D eigenvalue weighted by atomic mass is 16.5. The van der Waals surface area contributed by atoms with Gasteiger partial charge in [0.15, 0.2) is 0 Å². The number of ether oxygens (including phenoxy) is 2. The maximum absolute atomic E-state index is 11.8. The van der Waals surface area contributed by atoms with Crippen LogP contribution in [0.4, 0.5) is 11.5 Å². The van der Waals surface area contributed by atoms with Gasteiger partial charge >= 0.3 is 6.01 Å². The van der Waals surface area contributed by atoms with Gasteiger partial charge in [-0.05, 0) is 31.4 Å². The molecule has 5 rings (SSSR count). The van der Waals surface area contributed by atoms with Gasteiger partial charge in [0.05, 0.1) is 32.1 Å². The van der Waals surface area contributed by atoms with Crippen LogP contribution in [0.25, 0.3) is 0 Å². The summed E-state index contributed by atoms with van der Waals surface area (Å²) >= 11 is 0. The molecule has 1 aromatic carbocycles. The zero-order valence-corrected chi connectivity index (χ0v) is 22.0. The van der Waals surface area contributed by atoms with Crippen molar-refractivity contribution in [1.29, 1.82) is 0 Å². The van der Waals surface area contributed by atoms with Crippen molar-refractivity contribution < 1.29 is 19.4 Å². The smallest absolute Gasteiger partial charge is 0.318 e. The summed E-state index contributed by atoms with van der Waals surface area (Å²) in [6, 6.07) is 5.91. The first-order valence-electron chi connectivity index (χ1n) is 13.4. The zero-order chi connectivity index (χ0) is 25.8. The highest BCUT2D eigenvalue weighted by Gasteiger charge is 2.28. The number of piperazine rings is 1. The second-order valence-corrected chi connectivity index (χ2v) is 10.0. The van der Waals surface area contributed by atoms with Crippen molar-refractivity contribution in [3.63, 3.8) is 0 Å². The van der Waals surface area contributed by atoms with Crippen molar-refractivity contribution in [2.24, 2.45) is 0 Å². The Balaban J connectivity index is 1.34. The van der Waals surface area contributed by atoms with Gasteiger partial charge in [-0.25, -0.2) is 0 Å². The van der Waals surface area contributed by atoms with Crippen LogP contribution in [0.3, 0.4) is 0 Å². The topological polar surface area (TPSA) is 94.5 Å². The quantitative estimate of drug-likeness (QED) is 0.560. The molecule has 3 aliphatic heterocycles. The number of aryl methyl sites for hydroxylation is 1. The van der Waals surface area contributed by atoms with Crippen LogP contribution in [-0.2, 0) is 22.5 Å². The summed E-state index contributed by atoms with van der Waals surface area (Å²) in [5, 5.41) is 10.1. The number of aromatic hydroxyl groups is 1. The third-order valence-electron chi connectivity index (χ3n) is 7.53. The number of carbonyl (C=O) groups is 1. The Morgan fingerprint density at radius 2 is 1.84 bits per heavy atom. The number of benzene rings is 1. The number of amides is 1. The molecule has 1 aromatic heterocycles. The summed E-state index contributed by atoms with van der Waals surface area (Å²) < 4.78 is 11.5. The van der Waals surface area contributed by atoms with E-state index in [-0.39, 0.29) is 11.7 Å². The van der Waals surface area contributed by atoms with E-state index in [0.717, 1.165) is 93.7 Å². The molecular formula is C27H38N6O4. The van der Waals surface area contributed by atoms with E-state index in [4.69, 9.17) is 19.4 Å². The molecule has 3 aliphatic rings. The number of carbonyl (C=O) groups excluding carboxylic acids is 1. The fourth-order valence-corrected chi connectivity index (χ4v) is 5.37. The minimum atomic E-state index is 0.116. The molecule has 0 bridgehead atoms. The molecular weight excluding hydrogens is 472 g/mol. The molecule has 0 aliphatic carbocycles. The summed E-state index contributed by atoms with van der Waals surface area (Å²) in [6.07, 6.45) is 1.71. The lowest BCUT2D eigenvalue weighted by atomic mass is 10.0. The average Bonchev–Trinajstić information content (AvgIpc) is 2.92. The van der Waals surface area contributed by atoms with Gasteiger partial charge in [0.25, 0.3) is 0 Å². The van der Waals surface area contributed by atoms with E-state index in [0.29, 0.717) is 32.3 Å². The molecule has 2 aromatic rings. The van der Waals surface area contributed by atoms with Gasteiger partial charge in [0.2, 0.25) is 5.91 Å². The molecule has 0 unspecified atom stereocenters. The Labute approximate surface area is 218 Å². The fourth-order valence-electron chi connectivity index (χ4n) is 5.37. The summed E-state index contributed by atoms with van der Waals surface area (Å²) in [7, 11) is 0. The Morgan fingerprint density at radius 3 is 2.59 bits per heavy atom. The minimum Gasteiger partial charge on any atom is -0.508 e. The van der Waals surface area contributed by atoms with Gasteiger partial charge in [-0.1, -0.05) is 6.07 Å². The molecule has 10 nitrogen and oxygen atoms in total. The van der Waals surface area contributed by atoms with E-state index >= 15 is 0 Å². The Morgan fingerprint density at radius 1 is 1.05 bits per heavy atom. The number of phenolic OH excluding ortho intramolecular Hbond substituents is 1. The second-order valence-electron chi connectivity index (χ2n) is 10.0. The third-order valence-corrected chi connectivity index (χ3v) is 7.53. The largest absolute Gasteiger partial charge is 0.508 e. The van der Waals surface area contributed by atoms with Crippen LogP contribution in [0.15, 0.2) is 18.2 Å². The predicted octanol–water partition coefficient (Wildman–Crippen LogP) is 1.82. The maximum Gasteiger partial charge on any atom is 0.318 e. The van der Waals surface area contributed by atoms with Gasteiger partial charge in [-0.3, -0.25) is 9.69 Å². The molecule has 10 heteroatoms. The molecule has 1 amide bonds. The Kier molecular flexibility index (Phi) is 7.95. The first-order chi connectivity index (χ1) is 18.0. The predicted molar refractivity (Wildman–Crippen MR) is 141 cm³/mol. The number of phenols is 1. The van der Waals surface area contributed by atoms with Crippen molar-refractivity contribution in [3.8, 4) is 11.8 Å². The number of aromatic nitrogens is 2. The SMILES string of the molecule is CC(=O)N1CCN(c2nc(OCCCN3CCOCC3)nc3c2CCN(c2cc(O)ccc2C)C3)CC1. The number of rotatable bonds is 7. The molecule has 0 spiro atoms. The first kappa shape index (κ1) is 25.5. The second kappa shape index (κ2) is 11.5. The number of fused-ring (bicyclic) bond motifs is 1. The van der Waals surface area contributed by atoms with Crippen molar-refractivity contribution in [2.45, 2.75) is 33.2 Å². The standard InChI is InChI=1S/C27H38N6O4/c1-20-4-5-22(35)18-25(20)33-8-6-23-24(19-33)28-27(37-15-3-7-30-13-16-36-17-14-30)29-26(23)32-11-9-31(10-12-32)21(2)34/h4-5,18,35H,3,6-17,19H2,1-2H3. The summed E-state index contributed by atoms with van der Waals surface area (Å²) in [4.78, 5) is 30.4. The molecule has 1 N–H and O–H groups in total. The molecule has 200 valence electrons. The average molecular weight is 511 g/mol. The highest BCUT2D eigenvalue weighted by Crippen LogP contribution is 2.33. The van der Waals surface area contributed by atoms with E-state index in [2.05, 4.69) is 21.6 Å². The van der Waals surface area contributed by atoms with Crippen molar-refractivity contribution in [2.75, 3.05) is 82.0 Å². The molecule has 0 atom stereocenters. The van der Waals surface area contributed by atoms with Crippen molar-refractivity contribution >= 4 is 17.4 Å². The van der Waals surface area contributed by atoms with E-state index < -0.39 is 0 Å². The monoisotopic (exact) mass is 510 g/mol. The van der Waals surface area contributed by atoms with Crippen LogP contribution < -0.4 is 14.5 Å². The van der Waals surface area contributed by atoms with E-state index in [9.17, 15) is 9.90 Å². The van der Waals surface area contributed by atoms with Gasteiger partial charge < -0.3 is 29.3 Å². The Hall–Kier alpha value is -3.11. The van der Waals surface area contributed by atoms with Gasteiger partial charge in [0, 0.05) is 76.6 Å². The van der Waals surface area contributed by atoms with Crippen LogP contribution in [0.1, 0.15) is 30.2 Å². The van der Waals surface area contributed by atoms with E-state index in [1.807, 2.05) is 17.0 Å². The molecule has 2 fully saturated rings. The summed E-state index contributed by atoms with van der Waals surface area (Å²) in [6.45, 7) is 13.1. The lowest BCUT2D eigenvalue weighted by Crippen LogP contribution is -2.49. The fraction of sp³-hybridized carbons (Fsp3) is 0.593. The zero-order valence-electron chi connectivity index (χ0n) is 22.0. The van der Waals surface area contributed by atoms with E-state index in [1.54, 1.807) is 13.0 Å². The first-order valence-corrected chi connectivity index (χ1v) is 13.4. The normalized spacial score (nSPS) is 18.6. The van der Waals surface area contributed by atoms with Gasteiger partial charge in [0.1, 0.15) is 11.6 Å². The van der Waals surface area contributed by atoms with Crippen LogP contribution >= 0.6 is 0 Å². The van der Waals surface area contributed by atoms with Crippen LogP contribution in [0.5, 0.6) is 11.8 Å². The van der Waals surface area contributed by atoms with Crippen molar-refractivity contribution in [1.82, 2.24) is 19.8 Å². The number of hydrogen-bond acceptors (Lipinski definition) is 9. The lowest BCUT2D eigenvalue weighted by molar-refractivity contribution is -0.129. The summed E-state index contributed by atoms with van der Waals surface area (Å²) in [5.74, 6) is 1.32. The molecule has 4 heterocycles. The van der Waals surface area contributed by atoms with Crippen molar-refractivity contribution in [3.05, 3.63) is 35.0 Å². The highest BCUT2D eigenvalue weighted by molar-refractivity contribution is 5.73. The Bertz CT molecular complexity index is 1100. The van der Waals surface area contributed by atoms with Gasteiger partial charge in [-0.15, -0.1) is 0 Å². The molecule has 37 heavy (non-hydrogen) atoms. The molecule has 2 saturated heterocycles. The number of morpholine rings is 1. The lowest BCUT2D eigenvalue weighted by Gasteiger charge is -2.38. The van der Waals surface area contributed by atoms with Gasteiger partial charge in [-0.2, -0.15) is 9.97 Å². The van der Waals surface area contributed by atoms with Crippen LogP contribution in [0.2, 0.25) is 0 Å². The minimum absolute atomic E-state index is 0.116. The number of hydrogen-bond donors (Lipinski definition) is 1. The summed E-state index contributed by atoms with van der Waals surface area (Å²) in [5.41, 5.74) is 4.27. The molecule has 0 radical (unpaired) electrons. The number of nitrogens with zero attached hydrogens (tertiary/aromatic N) is 6. The molecule has 0 saturated carbocycles. The number of anilines is 2.